The summed E-state index contributed by atoms with van der Waals surface area (Å²) in [6.45, 7) is 8.08. The van der Waals surface area contributed by atoms with Gasteiger partial charge in [0, 0.05) is 11.6 Å². The van der Waals surface area contributed by atoms with Crippen LogP contribution in [0.3, 0.4) is 0 Å². The third kappa shape index (κ3) is 6.49. The van der Waals surface area contributed by atoms with Crippen molar-refractivity contribution in [2.45, 2.75) is 65.3 Å². The number of amides is 1. The number of nitriles is 1. The van der Waals surface area contributed by atoms with Crippen molar-refractivity contribution in [1.82, 2.24) is 14.5 Å². The second-order valence-corrected chi connectivity index (χ2v) is 11.1. The third-order valence-corrected chi connectivity index (χ3v) is 7.73. The lowest BCUT2D eigenvalue weighted by Crippen LogP contribution is -2.56. The van der Waals surface area contributed by atoms with Crippen molar-refractivity contribution >= 4 is 33.7 Å². The van der Waals surface area contributed by atoms with E-state index < -0.39 is 34.6 Å². The van der Waals surface area contributed by atoms with Crippen molar-refractivity contribution in [3.63, 3.8) is 0 Å². The minimum absolute atomic E-state index is 0.00410. The molecule has 13 heteroatoms. The van der Waals surface area contributed by atoms with Crippen molar-refractivity contribution in [3.05, 3.63) is 60.9 Å². The summed E-state index contributed by atoms with van der Waals surface area (Å²) in [6, 6.07) is 5.69. The first kappa shape index (κ1) is 31.5. The van der Waals surface area contributed by atoms with E-state index in [2.05, 4.69) is 10.5 Å². The molecule has 1 unspecified atom stereocenters. The maximum atomic E-state index is 14.4. The first-order valence-electron chi connectivity index (χ1n) is 12.9. The molecule has 1 atom stereocenters. The molecular weight excluding hydrogens is 553 g/mol. The topological polar surface area (TPSA) is 137 Å². The molecule has 1 N–H and O–H groups in total. The zero-order valence-electron chi connectivity index (χ0n) is 24.1. The van der Waals surface area contributed by atoms with E-state index in [0.717, 1.165) is 15.9 Å². The predicted molar refractivity (Wildman–Crippen MR) is 154 cm³/mol. The van der Waals surface area contributed by atoms with Crippen molar-refractivity contribution in [2.24, 2.45) is 5.16 Å². The number of rotatable bonds is 12. The van der Waals surface area contributed by atoms with E-state index in [1.807, 2.05) is 6.07 Å². The highest BCUT2D eigenvalue weighted by Gasteiger charge is 2.36. The van der Waals surface area contributed by atoms with Crippen LogP contribution < -0.4 is 21.3 Å². The molecule has 3 aromatic rings. The van der Waals surface area contributed by atoms with E-state index in [1.54, 1.807) is 20.8 Å². The molecule has 1 amide bonds. The van der Waals surface area contributed by atoms with Crippen molar-refractivity contribution in [2.75, 3.05) is 20.8 Å². The van der Waals surface area contributed by atoms with Crippen LogP contribution in [0.2, 0.25) is 0 Å². The van der Waals surface area contributed by atoms with Crippen molar-refractivity contribution < 1.29 is 23.5 Å². The summed E-state index contributed by atoms with van der Waals surface area (Å²) in [5, 5.41) is 15.9. The highest BCUT2D eigenvalue weighted by atomic mass is 32.1. The Morgan fingerprint density at radius 3 is 2.61 bits per heavy atom. The summed E-state index contributed by atoms with van der Waals surface area (Å²) >= 11 is 1.14. The number of carbonyl (C=O) groups excluding carboxylic acids is 1. The Morgan fingerprint density at radius 2 is 2.00 bits per heavy atom. The number of fused-ring (bicyclic) bond motifs is 1. The van der Waals surface area contributed by atoms with Gasteiger partial charge in [-0.2, -0.15) is 5.26 Å². The number of nitrogens with one attached hydrogen (secondary N) is 1. The van der Waals surface area contributed by atoms with Crippen LogP contribution in [0.15, 0.2) is 32.9 Å². The lowest BCUT2D eigenvalue weighted by molar-refractivity contribution is -0.129. The van der Waals surface area contributed by atoms with Crippen LogP contribution in [0.25, 0.3) is 10.2 Å². The minimum atomic E-state index is -1.57. The van der Waals surface area contributed by atoms with Gasteiger partial charge in [-0.3, -0.25) is 14.2 Å². The van der Waals surface area contributed by atoms with Crippen LogP contribution in [0.5, 0.6) is 5.75 Å². The van der Waals surface area contributed by atoms with E-state index in [9.17, 15) is 18.8 Å². The number of oxime groups is 1. The average molecular weight is 588 g/mol. The van der Waals surface area contributed by atoms with Gasteiger partial charge in [0.25, 0.3) is 5.56 Å². The Labute approximate surface area is 240 Å². The fourth-order valence-corrected chi connectivity index (χ4v) is 5.56. The molecule has 2 heterocycles. The Morgan fingerprint density at radius 1 is 1.29 bits per heavy atom. The molecule has 220 valence electrons. The molecule has 0 spiro atoms. The van der Waals surface area contributed by atoms with Gasteiger partial charge in [-0.25, -0.2) is 13.8 Å². The molecule has 0 radical (unpaired) electrons. The lowest BCUT2D eigenvalue weighted by atomic mass is 10.0. The minimum Gasteiger partial charge on any atom is -0.496 e. The number of hydrogen-bond donors (Lipinski definition) is 1. The normalized spacial score (nSPS) is 12.6. The van der Waals surface area contributed by atoms with Crippen LogP contribution in [-0.2, 0) is 26.5 Å². The lowest BCUT2D eigenvalue weighted by Gasteiger charge is -2.28. The molecule has 0 aliphatic rings. The van der Waals surface area contributed by atoms with Crippen LogP contribution in [0, 0.1) is 24.1 Å². The van der Waals surface area contributed by atoms with Crippen LogP contribution >= 0.6 is 11.3 Å². The zero-order chi connectivity index (χ0) is 30.5. The van der Waals surface area contributed by atoms with Gasteiger partial charge < -0.3 is 19.6 Å². The van der Waals surface area contributed by atoms with E-state index in [4.69, 9.17) is 19.6 Å². The molecule has 0 saturated carbocycles. The van der Waals surface area contributed by atoms with E-state index >= 15 is 0 Å². The molecule has 2 aromatic heterocycles. The summed E-state index contributed by atoms with van der Waals surface area (Å²) in [5.74, 6) is -0.744. The number of hydrogen-bond acceptors (Lipinski definition) is 9. The molecule has 1 aromatic carbocycles. The standard InChI is InChI=1S/C28H34FN5O6S/c1-16(2)32-26(36)28(4,5)34-24(35)23-17(3)22(14-31-39-7)41-25(23)33(27(34)37)15-21(40-12-8-11-30)19-13-18(29)9-10-20(19)38-6/h9-10,13-14,16,21H,8,12,15H2,1-7H3,(H,32,36)/b31-14+. The number of methoxy groups -OCH3 is 1. The quantitative estimate of drug-likeness (QED) is 0.194. The van der Waals surface area contributed by atoms with Crippen molar-refractivity contribution in [3.8, 4) is 11.8 Å². The summed E-state index contributed by atoms with van der Waals surface area (Å²) in [4.78, 5) is 47.0. The Bertz CT molecular complexity index is 1620. The second-order valence-electron chi connectivity index (χ2n) is 10.1. The molecule has 0 aliphatic heterocycles. The monoisotopic (exact) mass is 587 g/mol. The molecule has 41 heavy (non-hydrogen) atoms. The van der Waals surface area contributed by atoms with E-state index in [0.29, 0.717) is 26.6 Å². The molecule has 0 saturated heterocycles. The smallest absolute Gasteiger partial charge is 0.333 e. The fraction of sp³-hybridized carbons (Fsp3) is 0.464. The Kier molecular flexibility index (Phi) is 10.1. The molecule has 11 nitrogen and oxygen atoms in total. The van der Waals surface area contributed by atoms with Gasteiger partial charge >= 0.3 is 5.69 Å². The summed E-state index contributed by atoms with van der Waals surface area (Å²) in [6.07, 6.45) is 0.536. The SMILES string of the molecule is CO/N=C/c1sc2c(c1C)c(=O)n(C(C)(C)C(=O)NC(C)C)c(=O)n2CC(OCCC#N)c1cc(F)ccc1OC. The van der Waals surface area contributed by atoms with Gasteiger partial charge in [-0.05, 0) is 58.4 Å². The molecular formula is C28H34FN5O6S. The largest absolute Gasteiger partial charge is 0.496 e. The maximum Gasteiger partial charge on any atom is 0.333 e. The number of halogens is 1. The number of benzene rings is 1. The number of carbonyl (C=O) groups is 1. The van der Waals surface area contributed by atoms with Crippen LogP contribution in [0.4, 0.5) is 4.39 Å². The number of nitrogens with zero attached hydrogens (tertiary/aromatic N) is 4. The summed E-state index contributed by atoms with van der Waals surface area (Å²) in [5.41, 5.74) is -2.11. The van der Waals surface area contributed by atoms with Gasteiger partial charge in [-0.1, -0.05) is 5.16 Å². The van der Waals surface area contributed by atoms with Crippen LogP contribution in [-0.4, -0.2) is 48.1 Å². The van der Waals surface area contributed by atoms with Crippen LogP contribution in [0.1, 0.15) is 56.2 Å². The molecule has 0 fully saturated rings. The third-order valence-electron chi connectivity index (χ3n) is 6.48. The van der Waals surface area contributed by atoms with Gasteiger partial charge in [0.05, 0.1) is 49.2 Å². The fourth-order valence-electron chi connectivity index (χ4n) is 4.39. The first-order chi connectivity index (χ1) is 19.4. The molecule has 0 aliphatic carbocycles. The highest BCUT2D eigenvalue weighted by Crippen LogP contribution is 2.33. The summed E-state index contributed by atoms with van der Waals surface area (Å²) < 4.78 is 28.1. The zero-order valence-corrected chi connectivity index (χ0v) is 24.9. The highest BCUT2D eigenvalue weighted by molar-refractivity contribution is 7.20. The maximum absolute atomic E-state index is 14.4. The average Bonchev–Trinajstić information content (AvgIpc) is 3.24. The Hall–Kier alpha value is -4.02. The summed E-state index contributed by atoms with van der Waals surface area (Å²) in [7, 11) is 2.81. The molecule has 0 bridgehead atoms. The van der Waals surface area contributed by atoms with Gasteiger partial charge in [0.2, 0.25) is 5.91 Å². The number of ether oxygens (including phenoxy) is 2. The second kappa shape index (κ2) is 13.1. The van der Waals surface area contributed by atoms with Gasteiger partial charge in [0.15, 0.2) is 0 Å². The van der Waals surface area contributed by atoms with E-state index in [-0.39, 0.29) is 31.0 Å². The molecule has 3 rings (SSSR count). The first-order valence-corrected chi connectivity index (χ1v) is 13.7. The van der Waals surface area contributed by atoms with Gasteiger partial charge in [0.1, 0.15) is 35.1 Å². The number of thiophene rings is 1. The number of aryl methyl sites for hydroxylation is 1. The van der Waals surface area contributed by atoms with E-state index in [1.165, 1.54) is 57.0 Å². The van der Waals surface area contributed by atoms with Crippen molar-refractivity contribution in [1.29, 1.82) is 5.26 Å². The Balaban J connectivity index is 2.38. The predicted octanol–water partition coefficient (Wildman–Crippen LogP) is 3.59. The van der Waals surface area contributed by atoms with Gasteiger partial charge in [-0.15, -0.1) is 11.3 Å². The number of aromatic nitrogens is 2.